The summed E-state index contributed by atoms with van der Waals surface area (Å²) in [4.78, 5) is 34.4. The van der Waals surface area contributed by atoms with Crippen LogP contribution in [0.1, 0.15) is 46.8 Å². The molecular formula is C24H25FN6O2. The van der Waals surface area contributed by atoms with Gasteiger partial charge < -0.3 is 4.90 Å². The molecule has 1 saturated heterocycles. The van der Waals surface area contributed by atoms with E-state index in [1.165, 1.54) is 25.4 Å². The number of nitrogens with zero attached hydrogens (tertiary/aromatic N) is 6. The number of amides is 2. The molecule has 8 nitrogen and oxygen atoms in total. The molecule has 2 amide bonds. The van der Waals surface area contributed by atoms with Crippen molar-refractivity contribution in [3.05, 3.63) is 58.5 Å². The van der Waals surface area contributed by atoms with Crippen molar-refractivity contribution < 1.29 is 14.0 Å². The largest absolute Gasteiger partial charge is 0.333 e. The molecule has 2 aliphatic rings. The van der Waals surface area contributed by atoms with Gasteiger partial charge in [0.05, 0.1) is 11.1 Å². The van der Waals surface area contributed by atoms with Crippen molar-refractivity contribution >= 4 is 23.8 Å². The second kappa shape index (κ2) is 9.08. The lowest BCUT2D eigenvalue weighted by atomic mass is 9.93. The number of aromatic nitrogens is 1. The third-order valence-electron chi connectivity index (χ3n) is 6.32. The van der Waals surface area contributed by atoms with Gasteiger partial charge in [-0.3, -0.25) is 14.5 Å². The average Bonchev–Trinajstić information content (AvgIpc) is 3.21. The number of piperazine rings is 1. The molecule has 0 saturated carbocycles. The van der Waals surface area contributed by atoms with Crippen LogP contribution in [-0.4, -0.2) is 65.0 Å². The fraction of sp³-hybridized carbons (Fsp3) is 0.375. The minimum absolute atomic E-state index is 0.0668. The zero-order valence-corrected chi connectivity index (χ0v) is 18.8. The van der Waals surface area contributed by atoms with E-state index in [0.29, 0.717) is 17.7 Å². The summed E-state index contributed by atoms with van der Waals surface area (Å²) in [6, 6.07) is 8.07. The molecule has 0 radical (unpaired) electrons. The number of hydrogen-bond donors (Lipinski definition) is 0. The molecule has 0 bridgehead atoms. The summed E-state index contributed by atoms with van der Waals surface area (Å²) < 4.78 is 14.4. The molecule has 0 aliphatic carbocycles. The molecule has 1 aromatic heterocycles. The van der Waals surface area contributed by atoms with Crippen LogP contribution in [0.4, 0.5) is 10.2 Å². The van der Waals surface area contributed by atoms with Crippen LogP contribution >= 0.6 is 0 Å². The normalized spacial score (nSPS) is 20.9. The smallest absolute Gasteiger partial charge is 0.261 e. The van der Waals surface area contributed by atoms with Crippen LogP contribution in [0.15, 0.2) is 35.6 Å². The van der Waals surface area contributed by atoms with E-state index in [1.807, 2.05) is 11.8 Å². The SMILES string of the molecule is CCN1CCN(C(=O)c2ccc(N3N=CC(c4ccc(C#N)c(F)c4C)C3=O)nc2)C(C)C1. The maximum absolute atomic E-state index is 14.4. The Kier molecular flexibility index (Phi) is 6.20. The first-order valence-corrected chi connectivity index (χ1v) is 10.9. The molecule has 170 valence electrons. The summed E-state index contributed by atoms with van der Waals surface area (Å²) in [6.07, 6.45) is 2.89. The molecule has 1 fully saturated rings. The van der Waals surface area contributed by atoms with Gasteiger partial charge >= 0.3 is 0 Å². The maximum Gasteiger partial charge on any atom is 0.261 e. The van der Waals surface area contributed by atoms with E-state index >= 15 is 0 Å². The topological polar surface area (TPSA) is 92.9 Å². The molecule has 2 aliphatic heterocycles. The van der Waals surface area contributed by atoms with Crippen LogP contribution < -0.4 is 5.01 Å². The number of carbonyl (C=O) groups is 2. The summed E-state index contributed by atoms with van der Waals surface area (Å²) in [6.45, 7) is 8.98. The first-order valence-electron chi connectivity index (χ1n) is 10.9. The molecular weight excluding hydrogens is 423 g/mol. The Morgan fingerprint density at radius 2 is 2.06 bits per heavy atom. The van der Waals surface area contributed by atoms with Crippen LogP contribution in [0.3, 0.4) is 0 Å². The molecule has 2 aromatic rings. The summed E-state index contributed by atoms with van der Waals surface area (Å²) >= 11 is 0. The molecule has 2 unspecified atom stereocenters. The fourth-order valence-electron chi connectivity index (χ4n) is 4.32. The number of nitriles is 1. The van der Waals surface area contributed by atoms with Gasteiger partial charge in [-0.2, -0.15) is 15.4 Å². The van der Waals surface area contributed by atoms with E-state index in [4.69, 9.17) is 5.26 Å². The van der Waals surface area contributed by atoms with E-state index in [1.54, 1.807) is 24.3 Å². The summed E-state index contributed by atoms with van der Waals surface area (Å²) in [7, 11) is 0. The quantitative estimate of drug-likeness (QED) is 0.717. The van der Waals surface area contributed by atoms with E-state index in [0.717, 1.165) is 24.6 Å². The van der Waals surface area contributed by atoms with Gasteiger partial charge in [0.15, 0.2) is 5.82 Å². The van der Waals surface area contributed by atoms with Crippen LogP contribution in [0.5, 0.6) is 0 Å². The predicted octanol–water partition coefficient (Wildman–Crippen LogP) is 2.68. The van der Waals surface area contributed by atoms with Gasteiger partial charge in [0, 0.05) is 38.1 Å². The van der Waals surface area contributed by atoms with Crippen molar-refractivity contribution in [2.45, 2.75) is 32.7 Å². The van der Waals surface area contributed by atoms with Gasteiger partial charge in [-0.05, 0) is 49.7 Å². The van der Waals surface area contributed by atoms with Gasteiger partial charge in [-0.1, -0.05) is 13.0 Å². The number of benzene rings is 1. The van der Waals surface area contributed by atoms with Crippen molar-refractivity contribution in [3.63, 3.8) is 0 Å². The van der Waals surface area contributed by atoms with E-state index in [-0.39, 0.29) is 34.8 Å². The Labute approximate surface area is 191 Å². The standard InChI is InChI=1S/C24H25FN6O2/c1-4-29-9-10-30(15(2)14-29)23(32)18-6-8-21(27-12-18)31-24(33)20(13-28-31)19-7-5-17(11-26)22(25)16(19)3/h5-8,12-13,15,20H,4,9-10,14H2,1-3H3. The molecule has 2 atom stereocenters. The van der Waals surface area contributed by atoms with Crippen molar-refractivity contribution in [1.29, 1.82) is 5.26 Å². The molecule has 9 heteroatoms. The van der Waals surface area contributed by atoms with E-state index < -0.39 is 11.7 Å². The van der Waals surface area contributed by atoms with Gasteiger partial charge in [-0.15, -0.1) is 0 Å². The zero-order chi connectivity index (χ0) is 23.7. The molecule has 1 aromatic carbocycles. The van der Waals surface area contributed by atoms with Gasteiger partial charge in [0.2, 0.25) is 0 Å². The number of pyridine rings is 1. The first-order chi connectivity index (χ1) is 15.8. The molecule has 0 spiro atoms. The number of rotatable bonds is 4. The lowest BCUT2D eigenvalue weighted by Gasteiger charge is -2.39. The Morgan fingerprint density at radius 3 is 2.70 bits per heavy atom. The highest BCUT2D eigenvalue weighted by molar-refractivity contribution is 6.12. The number of likely N-dealkylation sites (N-methyl/N-ethyl adjacent to an activating group) is 1. The molecule has 3 heterocycles. The monoisotopic (exact) mass is 448 g/mol. The lowest BCUT2D eigenvalue weighted by molar-refractivity contribution is -0.118. The number of hydrazone groups is 1. The van der Waals surface area contributed by atoms with Crippen LogP contribution in [0, 0.1) is 24.1 Å². The maximum atomic E-state index is 14.4. The van der Waals surface area contributed by atoms with Gasteiger partial charge in [0.1, 0.15) is 17.8 Å². The number of halogens is 1. The molecule has 0 N–H and O–H groups in total. The molecule has 33 heavy (non-hydrogen) atoms. The second-order valence-electron chi connectivity index (χ2n) is 8.29. The second-order valence-corrected chi connectivity index (χ2v) is 8.29. The fourth-order valence-corrected chi connectivity index (χ4v) is 4.32. The predicted molar refractivity (Wildman–Crippen MR) is 121 cm³/mol. The minimum Gasteiger partial charge on any atom is -0.333 e. The van der Waals surface area contributed by atoms with Crippen molar-refractivity contribution in [2.24, 2.45) is 5.10 Å². The number of carbonyl (C=O) groups excluding carboxylic acids is 2. The number of hydrogen-bond acceptors (Lipinski definition) is 6. The van der Waals surface area contributed by atoms with E-state index in [2.05, 4.69) is 21.9 Å². The van der Waals surface area contributed by atoms with Gasteiger partial charge in [0.25, 0.3) is 11.8 Å². The Balaban J connectivity index is 1.49. The minimum atomic E-state index is -0.772. The van der Waals surface area contributed by atoms with Crippen LogP contribution in [-0.2, 0) is 4.79 Å². The van der Waals surface area contributed by atoms with Crippen LogP contribution in [0.2, 0.25) is 0 Å². The Hall–Kier alpha value is -3.64. The van der Waals surface area contributed by atoms with Crippen molar-refractivity contribution in [2.75, 3.05) is 31.2 Å². The van der Waals surface area contributed by atoms with E-state index in [9.17, 15) is 14.0 Å². The summed E-state index contributed by atoms with van der Waals surface area (Å²) in [5.41, 5.74) is 1.08. The zero-order valence-electron chi connectivity index (χ0n) is 18.8. The summed E-state index contributed by atoms with van der Waals surface area (Å²) in [5, 5.41) is 14.3. The third-order valence-corrected chi connectivity index (χ3v) is 6.32. The highest BCUT2D eigenvalue weighted by Gasteiger charge is 2.34. The van der Waals surface area contributed by atoms with Crippen LogP contribution in [0.25, 0.3) is 0 Å². The third kappa shape index (κ3) is 4.10. The first kappa shape index (κ1) is 22.6. The number of anilines is 1. The lowest BCUT2D eigenvalue weighted by Crippen LogP contribution is -2.53. The highest BCUT2D eigenvalue weighted by atomic mass is 19.1. The van der Waals surface area contributed by atoms with Crippen molar-refractivity contribution in [3.8, 4) is 6.07 Å². The Morgan fingerprint density at radius 1 is 1.27 bits per heavy atom. The summed E-state index contributed by atoms with van der Waals surface area (Å²) in [5.74, 6) is -1.59. The molecule has 4 rings (SSSR count). The Bertz CT molecular complexity index is 1160. The highest BCUT2D eigenvalue weighted by Crippen LogP contribution is 2.30. The van der Waals surface area contributed by atoms with Crippen molar-refractivity contribution in [1.82, 2.24) is 14.8 Å². The van der Waals surface area contributed by atoms with Gasteiger partial charge in [-0.25, -0.2) is 9.37 Å². The average molecular weight is 449 g/mol.